The molecule has 1 aliphatic heterocycles. The molecule has 1 aromatic heterocycles. The molecule has 0 saturated carbocycles. The molecule has 2 aromatic rings. The van der Waals surface area contributed by atoms with Crippen LogP contribution in [-0.2, 0) is 0 Å². The Morgan fingerprint density at radius 2 is 2.16 bits per heavy atom. The number of aliphatic hydroxyl groups excluding tert-OH is 1. The summed E-state index contributed by atoms with van der Waals surface area (Å²) < 4.78 is 5.63. The number of anilines is 1. The van der Waals surface area contributed by atoms with Crippen LogP contribution in [0.4, 0.5) is 5.82 Å². The van der Waals surface area contributed by atoms with E-state index >= 15 is 0 Å². The number of nitrogens with one attached hydrogen (secondary N) is 1. The largest absolute Gasteiger partial charge is 0.491 e. The van der Waals surface area contributed by atoms with Gasteiger partial charge in [-0.3, -0.25) is 0 Å². The lowest BCUT2D eigenvalue weighted by Crippen LogP contribution is -2.48. The highest BCUT2D eigenvalue weighted by atomic mass is 16.5. The molecule has 0 spiro atoms. The number of hydrogen-bond donors (Lipinski definition) is 2. The maximum absolute atomic E-state index is 10.2. The third kappa shape index (κ3) is 5.41. The summed E-state index contributed by atoms with van der Waals surface area (Å²) in [6.07, 6.45) is 3.35. The summed E-state index contributed by atoms with van der Waals surface area (Å²) in [6.45, 7) is 4.72. The third-order valence-corrected chi connectivity index (χ3v) is 4.41. The first-order valence-corrected chi connectivity index (χ1v) is 8.84. The first-order chi connectivity index (χ1) is 12.2. The van der Waals surface area contributed by atoms with Crippen LogP contribution in [0.1, 0.15) is 18.4 Å². The summed E-state index contributed by atoms with van der Waals surface area (Å²) in [5, 5.41) is 21.7. The van der Waals surface area contributed by atoms with E-state index in [0.29, 0.717) is 12.6 Å². The fourth-order valence-electron chi connectivity index (χ4n) is 3.00. The number of aliphatic hydroxyl groups is 1. The van der Waals surface area contributed by atoms with Crippen LogP contribution in [0.15, 0.2) is 42.6 Å². The molecule has 2 atom stereocenters. The SMILES string of the molecule is Cc1ccc(OC[C@@H](O)CN[C@@H]2CCCN(c3cccnn3)C2)cc1. The van der Waals surface area contributed by atoms with Crippen molar-refractivity contribution >= 4 is 5.82 Å². The van der Waals surface area contributed by atoms with Gasteiger partial charge in [-0.2, -0.15) is 5.10 Å². The van der Waals surface area contributed by atoms with E-state index in [1.54, 1.807) is 6.20 Å². The van der Waals surface area contributed by atoms with Crippen LogP contribution in [0, 0.1) is 6.92 Å². The first-order valence-electron chi connectivity index (χ1n) is 8.84. The second-order valence-corrected chi connectivity index (χ2v) is 6.55. The molecule has 3 rings (SSSR count). The van der Waals surface area contributed by atoms with Gasteiger partial charge in [-0.1, -0.05) is 17.7 Å². The van der Waals surface area contributed by atoms with Crippen LogP contribution >= 0.6 is 0 Å². The topological polar surface area (TPSA) is 70.5 Å². The van der Waals surface area contributed by atoms with Gasteiger partial charge in [0, 0.05) is 31.9 Å². The monoisotopic (exact) mass is 342 g/mol. The van der Waals surface area contributed by atoms with Gasteiger partial charge in [0.25, 0.3) is 0 Å². The second kappa shape index (κ2) is 8.78. The number of piperidine rings is 1. The van der Waals surface area contributed by atoms with Crippen LogP contribution in [0.2, 0.25) is 0 Å². The van der Waals surface area contributed by atoms with E-state index < -0.39 is 6.10 Å². The normalized spacial score (nSPS) is 18.8. The summed E-state index contributed by atoms with van der Waals surface area (Å²) in [7, 11) is 0. The minimum atomic E-state index is -0.534. The quantitative estimate of drug-likeness (QED) is 0.799. The molecule has 25 heavy (non-hydrogen) atoms. The minimum Gasteiger partial charge on any atom is -0.491 e. The number of ether oxygens (including phenoxy) is 1. The van der Waals surface area contributed by atoms with Crippen LogP contribution in [0.5, 0.6) is 5.75 Å². The third-order valence-electron chi connectivity index (χ3n) is 4.41. The number of benzene rings is 1. The number of hydrogen-bond acceptors (Lipinski definition) is 6. The van der Waals surface area contributed by atoms with Crippen molar-refractivity contribution in [3.63, 3.8) is 0 Å². The molecule has 2 heterocycles. The van der Waals surface area contributed by atoms with E-state index in [0.717, 1.165) is 37.5 Å². The van der Waals surface area contributed by atoms with E-state index in [1.165, 1.54) is 5.56 Å². The Morgan fingerprint density at radius 1 is 1.32 bits per heavy atom. The van der Waals surface area contributed by atoms with E-state index in [-0.39, 0.29) is 6.61 Å². The van der Waals surface area contributed by atoms with E-state index in [9.17, 15) is 5.11 Å². The Morgan fingerprint density at radius 3 is 2.92 bits per heavy atom. The zero-order valence-electron chi connectivity index (χ0n) is 14.6. The van der Waals surface area contributed by atoms with E-state index in [4.69, 9.17) is 4.74 Å². The van der Waals surface area contributed by atoms with E-state index in [1.807, 2.05) is 43.3 Å². The molecule has 1 fully saturated rings. The maximum atomic E-state index is 10.2. The molecule has 1 saturated heterocycles. The molecule has 0 amide bonds. The van der Waals surface area contributed by atoms with Crippen molar-refractivity contribution in [3.05, 3.63) is 48.2 Å². The highest BCUT2D eigenvalue weighted by molar-refractivity contribution is 5.37. The molecule has 134 valence electrons. The molecule has 0 aliphatic carbocycles. The lowest BCUT2D eigenvalue weighted by Gasteiger charge is -2.34. The van der Waals surface area contributed by atoms with Crippen LogP contribution < -0.4 is 15.0 Å². The van der Waals surface area contributed by atoms with Gasteiger partial charge in [0.15, 0.2) is 5.82 Å². The standard InChI is InChI=1S/C19H26N4O2/c1-15-6-8-18(9-7-15)25-14-17(24)12-20-16-4-3-11-23(13-16)19-5-2-10-21-22-19/h2,5-10,16-17,20,24H,3-4,11-14H2,1H3/t16-,17+/m1/s1. The van der Waals surface area contributed by atoms with Crippen molar-refractivity contribution in [2.45, 2.75) is 31.9 Å². The molecular weight excluding hydrogens is 316 g/mol. The summed E-state index contributed by atoms with van der Waals surface area (Å²) in [4.78, 5) is 2.24. The average molecular weight is 342 g/mol. The highest BCUT2D eigenvalue weighted by Crippen LogP contribution is 2.16. The van der Waals surface area contributed by atoms with Gasteiger partial charge in [0.2, 0.25) is 0 Å². The van der Waals surface area contributed by atoms with Crippen molar-refractivity contribution < 1.29 is 9.84 Å². The van der Waals surface area contributed by atoms with Gasteiger partial charge >= 0.3 is 0 Å². The minimum absolute atomic E-state index is 0.288. The van der Waals surface area contributed by atoms with Gasteiger partial charge in [0.1, 0.15) is 18.5 Å². The number of aromatic nitrogens is 2. The molecule has 1 aromatic carbocycles. The van der Waals surface area contributed by atoms with Crippen molar-refractivity contribution in [1.29, 1.82) is 0 Å². The van der Waals surface area contributed by atoms with Gasteiger partial charge < -0.3 is 20.1 Å². The maximum Gasteiger partial charge on any atom is 0.151 e. The zero-order chi connectivity index (χ0) is 17.5. The van der Waals surface area contributed by atoms with Crippen LogP contribution in [-0.4, -0.2) is 53.7 Å². The van der Waals surface area contributed by atoms with Gasteiger partial charge in [-0.05, 0) is 44.0 Å². The number of aryl methyl sites for hydroxylation is 1. The van der Waals surface area contributed by atoms with Gasteiger partial charge in [0.05, 0.1) is 0 Å². The molecule has 2 N–H and O–H groups in total. The van der Waals surface area contributed by atoms with Crippen molar-refractivity contribution in [2.75, 3.05) is 31.1 Å². The fourth-order valence-corrected chi connectivity index (χ4v) is 3.00. The molecule has 6 heteroatoms. The van der Waals surface area contributed by atoms with Crippen LogP contribution in [0.25, 0.3) is 0 Å². The molecule has 6 nitrogen and oxygen atoms in total. The van der Waals surface area contributed by atoms with Gasteiger partial charge in [-0.15, -0.1) is 5.10 Å². The Bertz CT molecular complexity index is 636. The summed E-state index contributed by atoms with van der Waals surface area (Å²) in [5.74, 6) is 1.70. The molecular formula is C19H26N4O2. The molecule has 0 bridgehead atoms. The summed E-state index contributed by atoms with van der Waals surface area (Å²) in [6, 6.07) is 12.1. The van der Waals surface area contributed by atoms with E-state index in [2.05, 4.69) is 20.4 Å². The second-order valence-electron chi connectivity index (χ2n) is 6.55. The smallest absolute Gasteiger partial charge is 0.151 e. The Hall–Kier alpha value is -2.18. The molecule has 1 aliphatic rings. The Labute approximate surface area is 148 Å². The zero-order valence-corrected chi connectivity index (χ0v) is 14.6. The lowest BCUT2D eigenvalue weighted by molar-refractivity contribution is 0.103. The van der Waals surface area contributed by atoms with Crippen molar-refractivity contribution in [3.8, 4) is 5.75 Å². The average Bonchev–Trinajstić information content (AvgIpc) is 2.67. The van der Waals surface area contributed by atoms with Crippen molar-refractivity contribution in [1.82, 2.24) is 15.5 Å². The van der Waals surface area contributed by atoms with Gasteiger partial charge in [-0.25, -0.2) is 0 Å². The van der Waals surface area contributed by atoms with Crippen molar-refractivity contribution in [2.24, 2.45) is 0 Å². The highest BCUT2D eigenvalue weighted by Gasteiger charge is 2.21. The summed E-state index contributed by atoms with van der Waals surface area (Å²) in [5.41, 5.74) is 1.19. The molecule has 0 radical (unpaired) electrons. The summed E-state index contributed by atoms with van der Waals surface area (Å²) >= 11 is 0. The lowest BCUT2D eigenvalue weighted by atomic mass is 10.1. The fraction of sp³-hybridized carbons (Fsp3) is 0.474. The van der Waals surface area contributed by atoms with Crippen LogP contribution in [0.3, 0.4) is 0 Å². The predicted molar refractivity (Wildman–Crippen MR) is 98.0 cm³/mol. The first kappa shape index (κ1) is 17.6. The predicted octanol–water partition coefficient (Wildman–Crippen LogP) is 1.78. The number of nitrogens with zero attached hydrogens (tertiary/aromatic N) is 3. The molecule has 0 unspecified atom stereocenters. The Balaban J connectivity index is 1.40. The Kier molecular flexibility index (Phi) is 6.19. The number of rotatable bonds is 7.